The molecule has 1 heterocycles. The second-order valence-corrected chi connectivity index (χ2v) is 6.33. The van der Waals surface area contributed by atoms with E-state index in [1.54, 1.807) is 18.2 Å². The summed E-state index contributed by atoms with van der Waals surface area (Å²) >= 11 is 5.95. The Bertz CT molecular complexity index is 563. The van der Waals surface area contributed by atoms with Gasteiger partial charge in [0.05, 0.1) is 18.4 Å². The molecule has 0 spiro atoms. The molecule has 2 fully saturated rings. The maximum absolute atomic E-state index is 12.4. The number of imide groups is 1. The molecule has 1 aromatic carbocycles. The molecule has 1 aliphatic carbocycles. The Balaban J connectivity index is 1.84. The Morgan fingerprint density at radius 2 is 1.85 bits per heavy atom. The van der Waals surface area contributed by atoms with E-state index in [1.165, 1.54) is 4.90 Å². The van der Waals surface area contributed by atoms with Crippen LogP contribution in [-0.4, -0.2) is 16.7 Å². The number of rotatable bonds is 2. The molecule has 2 amide bonds. The van der Waals surface area contributed by atoms with Gasteiger partial charge in [-0.3, -0.25) is 14.5 Å². The third kappa shape index (κ3) is 2.08. The molecule has 5 heteroatoms. The summed E-state index contributed by atoms with van der Waals surface area (Å²) in [6, 6.07) is 5.12. The maximum atomic E-state index is 12.4. The molecule has 1 saturated carbocycles. The SMILES string of the molecule is CC1CC2C(=O)N(Cc3cc(Cl)ccc3N)C(=O)C2C1. The van der Waals surface area contributed by atoms with Crippen LogP contribution in [-0.2, 0) is 16.1 Å². The molecule has 106 valence electrons. The summed E-state index contributed by atoms with van der Waals surface area (Å²) in [4.78, 5) is 26.1. The zero-order chi connectivity index (χ0) is 14.4. The first kappa shape index (κ1) is 13.4. The van der Waals surface area contributed by atoms with E-state index in [0.29, 0.717) is 16.6 Å². The Labute approximate surface area is 122 Å². The molecule has 2 N–H and O–H groups in total. The summed E-state index contributed by atoms with van der Waals surface area (Å²) < 4.78 is 0. The van der Waals surface area contributed by atoms with Gasteiger partial charge in [-0.05, 0) is 42.5 Å². The first-order valence-electron chi connectivity index (χ1n) is 6.86. The highest BCUT2D eigenvalue weighted by atomic mass is 35.5. The number of nitrogen functional groups attached to an aromatic ring is 1. The van der Waals surface area contributed by atoms with Crippen LogP contribution in [0.1, 0.15) is 25.3 Å². The average Bonchev–Trinajstić information content (AvgIpc) is 2.88. The lowest BCUT2D eigenvalue weighted by Gasteiger charge is -2.18. The molecule has 0 radical (unpaired) electrons. The predicted octanol–water partition coefficient (Wildman–Crippen LogP) is 2.45. The van der Waals surface area contributed by atoms with Crippen molar-refractivity contribution in [3.8, 4) is 0 Å². The van der Waals surface area contributed by atoms with Crippen molar-refractivity contribution in [3.63, 3.8) is 0 Å². The highest BCUT2D eigenvalue weighted by Crippen LogP contribution is 2.43. The van der Waals surface area contributed by atoms with Crippen LogP contribution in [0.4, 0.5) is 5.69 Å². The van der Waals surface area contributed by atoms with Gasteiger partial charge in [0, 0.05) is 10.7 Å². The second kappa shape index (κ2) is 4.77. The minimum absolute atomic E-state index is 0.0521. The van der Waals surface area contributed by atoms with Crippen molar-refractivity contribution in [2.45, 2.75) is 26.3 Å². The van der Waals surface area contributed by atoms with Crippen LogP contribution in [0.15, 0.2) is 18.2 Å². The van der Waals surface area contributed by atoms with Crippen LogP contribution in [0.5, 0.6) is 0 Å². The molecule has 1 aromatic rings. The van der Waals surface area contributed by atoms with Gasteiger partial charge in [-0.1, -0.05) is 18.5 Å². The van der Waals surface area contributed by atoms with Gasteiger partial charge >= 0.3 is 0 Å². The fourth-order valence-corrected chi connectivity index (χ4v) is 3.58. The number of anilines is 1. The summed E-state index contributed by atoms with van der Waals surface area (Å²) in [5, 5.41) is 0.558. The van der Waals surface area contributed by atoms with E-state index in [4.69, 9.17) is 17.3 Å². The first-order chi connectivity index (χ1) is 9.47. The van der Waals surface area contributed by atoms with Gasteiger partial charge in [0.15, 0.2) is 0 Å². The molecule has 2 aliphatic rings. The van der Waals surface area contributed by atoms with Crippen molar-refractivity contribution in [1.29, 1.82) is 0 Å². The normalized spacial score (nSPS) is 29.1. The molecule has 3 rings (SSSR count). The molecule has 4 nitrogen and oxygen atoms in total. The molecule has 2 atom stereocenters. The van der Waals surface area contributed by atoms with Crippen molar-refractivity contribution >= 4 is 29.1 Å². The van der Waals surface area contributed by atoms with Crippen LogP contribution in [0.25, 0.3) is 0 Å². The topological polar surface area (TPSA) is 63.4 Å². The van der Waals surface area contributed by atoms with Gasteiger partial charge in [0.25, 0.3) is 0 Å². The number of nitrogens with zero attached hydrogens (tertiary/aromatic N) is 1. The van der Waals surface area contributed by atoms with Crippen LogP contribution in [0, 0.1) is 17.8 Å². The summed E-state index contributed by atoms with van der Waals surface area (Å²) in [5.74, 6) is 0.0968. The molecule has 1 saturated heterocycles. The van der Waals surface area contributed by atoms with Gasteiger partial charge in [-0.2, -0.15) is 0 Å². The van der Waals surface area contributed by atoms with Gasteiger partial charge in [0.2, 0.25) is 11.8 Å². The third-order valence-corrected chi connectivity index (χ3v) is 4.63. The van der Waals surface area contributed by atoms with E-state index < -0.39 is 0 Å². The van der Waals surface area contributed by atoms with E-state index in [1.807, 2.05) is 0 Å². The molecule has 20 heavy (non-hydrogen) atoms. The fourth-order valence-electron chi connectivity index (χ4n) is 3.38. The molecule has 0 aromatic heterocycles. The van der Waals surface area contributed by atoms with E-state index in [2.05, 4.69) is 6.92 Å². The maximum Gasteiger partial charge on any atom is 0.233 e. The standard InChI is InChI=1S/C15H17ClN2O2/c1-8-4-11-12(5-8)15(20)18(14(11)19)7-9-6-10(16)2-3-13(9)17/h2-3,6,8,11-12H,4-5,7,17H2,1H3. The van der Waals surface area contributed by atoms with E-state index in [9.17, 15) is 9.59 Å². The fraction of sp³-hybridized carbons (Fsp3) is 0.467. The number of nitrogens with two attached hydrogens (primary N) is 1. The second-order valence-electron chi connectivity index (χ2n) is 5.90. The van der Waals surface area contributed by atoms with Gasteiger partial charge in [-0.15, -0.1) is 0 Å². The molecular formula is C15H17ClN2O2. The Morgan fingerprint density at radius 1 is 1.25 bits per heavy atom. The number of hydrogen-bond donors (Lipinski definition) is 1. The average molecular weight is 293 g/mol. The number of halogens is 1. The third-order valence-electron chi connectivity index (χ3n) is 4.40. The lowest BCUT2D eigenvalue weighted by molar-refractivity contribution is -0.141. The number of carbonyl (C=O) groups is 2. The van der Waals surface area contributed by atoms with E-state index in [0.717, 1.165) is 18.4 Å². The van der Waals surface area contributed by atoms with Gasteiger partial charge < -0.3 is 5.73 Å². The van der Waals surface area contributed by atoms with Crippen molar-refractivity contribution in [2.24, 2.45) is 17.8 Å². The highest BCUT2D eigenvalue weighted by molar-refractivity contribution is 6.30. The summed E-state index contributed by atoms with van der Waals surface area (Å²) in [6.07, 6.45) is 1.63. The lowest BCUT2D eigenvalue weighted by atomic mass is 10.00. The van der Waals surface area contributed by atoms with Crippen molar-refractivity contribution < 1.29 is 9.59 Å². The highest BCUT2D eigenvalue weighted by Gasteiger charge is 2.51. The molecular weight excluding hydrogens is 276 g/mol. The largest absolute Gasteiger partial charge is 0.398 e. The van der Waals surface area contributed by atoms with Gasteiger partial charge in [-0.25, -0.2) is 0 Å². The molecule has 2 unspecified atom stereocenters. The number of carbonyl (C=O) groups excluding carboxylic acids is 2. The van der Waals surface area contributed by atoms with Crippen molar-refractivity contribution in [2.75, 3.05) is 5.73 Å². The Morgan fingerprint density at radius 3 is 2.45 bits per heavy atom. The van der Waals surface area contributed by atoms with E-state index in [-0.39, 0.29) is 30.2 Å². The zero-order valence-corrected chi connectivity index (χ0v) is 12.1. The number of likely N-dealkylation sites (tertiary alicyclic amines) is 1. The lowest BCUT2D eigenvalue weighted by Crippen LogP contribution is -2.32. The van der Waals surface area contributed by atoms with Crippen LogP contribution in [0.3, 0.4) is 0 Å². The minimum atomic E-state index is -0.127. The molecule has 1 aliphatic heterocycles. The quantitative estimate of drug-likeness (QED) is 0.673. The number of fused-ring (bicyclic) bond motifs is 1. The van der Waals surface area contributed by atoms with E-state index >= 15 is 0 Å². The number of amides is 2. The van der Waals surface area contributed by atoms with Crippen molar-refractivity contribution in [1.82, 2.24) is 4.90 Å². The summed E-state index contributed by atoms with van der Waals surface area (Å²) in [6.45, 7) is 2.32. The number of hydrogen-bond acceptors (Lipinski definition) is 3. The Hall–Kier alpha value is -1.55. The summed E-state index contributed by atoms with van der Waals surface area (Å²) in [5.41, 5.74) is 7.17. The van der Waals surface area contributed by atoms with Crippen LogP contribution < -0.4 is 5.73 Å². The monoisotopic (exact) mass is 292 g/mol. The van der Waals surface area contributed by atoms with Crippen LogP contribution >= 0.6 is 11.6 Å². The summed E-state index contributed by atoms with van der Waals surface area (Å²) in [7, 11) is 0. The Kier molecular flexibility index (Phi) is 3.21. The molecule has 0 bridgehead atoms. The predicted molar refractivity (Wildman–Crippen MR) is 76.8 cm³/mol. The van der Waals surface area contributed by atoms with Crippen LogP contribution in [0.2, 0.25) is 5.02 Å². The minimum Gasteiger partial charge on any atom is -0.398 e. The van der Waals surface area contributed by atoms with Crippen molar-refractivity contribution in [3.05, 3.63) is 28.8 Å². The smallest absolute Gasteiger partial charge is 0.233 e. The first-order valence-corrected chi connectivity index (χ1v) is 7.24. The van der Waals surface area contributed by atoms with Gasteiger partial charge in [0.1, 0.15) is 0 Å². The number of benzene rings is 1. The zero-order valence-electron chi connectivity index (χ0n) is 11.3.